The van der Waals surface area contributed by atoms with Gasteiger partial charge in [0.1, 0.15) is 0 Å². The summed E-state index contributed by atoms with van der Waals surface area (Å²) in [5, 5.41) is 9.18. The lowest BCUT2D eigenvalue weighted by Gasteiger charge is -2.32. The van der Waals surface area contributed by atoms with Crippen LogP contribution in [0.2, 0.25) is 0 Å². The minimum absolute atomic E-state index is 0.0469. The van der Waals surface area contributed by atoms with Crippen molar-refractivity contribution in [3.05, 3.63) is 29.8 Å². The van der Waals surface area contributed by atoms with Crippen LogP contribution in [0.4, 0.5) is 5.69 Å². The van der Waals surface area contributed by atoms with E-state index in [0.29, 0.717) is 25.9 Å². The van der Waals surface area contributed by atoms with Crippen molar-refractivity contribution >= 4 is 23.5 Å². The summed E-state index contributed by atoms with van der Waals surface area (Å²) in [6.45, 7) is 3.29. The molecule has 6 nitrogen and oxygen atoms in total. The Hall–Kier alpha value is -2.37. The van der Waals surface area contributed by atoms with E-state index >= 15 is 0 Å². The number of hydrogen-bond donors (Lipinski definition) is 1. The van der Waals surface area contributed by atoms with Crippen molar-refractivity contribution in [2.75, 3.05) is 24.5 Å². The van der Waals surface area contributed by atoms with Gasteiger partial charge in [0.2, 0.25) is 11.8 Å². The predicted molar refractivity (Wildman–Crippen MR) is 93.2 cm³/mol. The van der Waals surface area contributed by atoms with Crippen LogP contribution in [0, 0.1) is 11.8 Å². The minimum Gasteiger partial charge on any atom is -0.481 e. The van der Waals surface area contributed by atoms with Crippen molar-refractivity contribution in [1.82, 2.24) is 4.90 Å². The van der Waals surface area contributed by atoms with Crippen LogP contribution in [0.5, 0.6) is 0 Å². The maximum atomic E-state index is 12.7. The van der Waals surface area contributed by atoms with Crippen LogP contribution < -0.4 is 4.90 Å². The number of carbonyl (C=O) groups is 3. The second-order valence-electron chi connectivity index (χ2n) is 6.89. The standard InChI is InChI=1S/C19H24N2O4/c1-2-13-5-7-16(8-6-13)21-12-15(10-17(21)22)18(23)20-9-3-4-14(11-20)19(24)25/h5-8,14-15H,2-4,9-12H2,1H3,(H,24,25)/t14-,15-/m1/s1. The van der Waals surface area contributed by atoms with E-state index in [4.69, 9.17) is 0 Å². The van der Waals surface area contributed by atoms with Gasteiger partial charge in [-0.05, 0) is 37.0 Å². The first-order valence-corrected chi connectivity index (χ1v) is 8.90. The third-order valence-corrected chi connectivity index (χ3v) is 5.21. The molecule has 2 aliphatic rings. The molecule has 0 saturated carbocycles. The quantitative estimate of drug-likeness (QED) is 0.905. The number of aryl methyl sites for hydroxylation is 1. The van der Waals surface area contributed by atoms with Gasteiger partial charge in [-0.15, -0.1) is 0 Å². The zero-order valence-electron chi connectivity index (χ0n) is 14.5. The summed E-state index contributed by atoms with van der Waals surface area (Å²) in [6, 6.07) is 7.84. The fourth-order valence-electron chi connectivity index (χ4n) is 3.67. The molecule has 0 bridgehead atoms. The monoisotopic (exact) mass is 344 g/mol. The van der Waals surface area contributed by atoms with Crippen molar-refractivity contribution in [2.45, 2.75) is 32.6 Å². The molecule has 2 fully saturated rings. The molecule has 1 aromatic rings. The summed E-state index contributed by atoms with van der Waals surface area (Å²) < 4.78 is 0. The summed E-state index contributed by atoms with van der Waals surface area (Å²) in [5.41, 5.74) is 2.02. The van der Waals surface area contributed by atoms with Gasteiger partial charge in [-0.2, -0.15) is 0 Å². The number of carbonyl (C=O) groups excluding carboxylic acids is 2. The van der Waals surface area contributed by atoms with Gasteiger partial charge < -0.3 is 14.9 Å². The minimum atomic E-state index is -0.849. The molecule has 2 heterocycles. The SMILES string of the molecule is CCc1ccc(N2C[C@H](C(=O)N3CCC[C@@H](C(=O)O)C3)CC2=O)cc1. The van der Waals surface area contributed by atoms with Crippen LogP contribution in [0.25, 0.3) is 0 Å². The number of hydrogen-bond acceptors (Lipinski definition) is 3. The highest BCUT2D eigenvalue weighted by Gasteiger charge is 2.39. The summed E-state index contributed by atoms with van der Waals surface area (Å²) in [7, 11) is 0. The van der Waals surface area contributed by atoms with E-state index in [9.17, 15) is 19.5 Å². The Bertz CT molecular complexity index is 671. The number of aliphatic carboxylic acids is 1. The molecular formula is C19H24N2O4. The fraction of sp³-hybridized carbons (Fsp3) is 0.526. The van der Waals surface area contributed by atoms with Gasteiger partial charge in [-0.25, -0.2) is 0 Å². The largest absolute Gasteiger partial charge is 0.481 e. The number of amides is 2. The number of anilines is 1. The number of benzene rings is 1. The molecule has 2 saturated heterocycles. The van der Waals surface area contributed by atoms with E-state index in [1.54, 1.807) is 9.80 Å². The molecule has 0 unspecified atom stereocenters. The summed E-state index contributed by atoms with van der Waals surface area (Å²) in [5.74, 6) is -1.86. The number of likely N-dealkylation sites (tertiary alicyclic amines) is 1. The number of carboxylic acid groups (broad SMARTS) is 1. The molecule has 134 valence electrons. The Morgan fingerprint density at radius 1 is 1.16 bits per heavy atom. The molecule has 3 rings (SSSR count). The molecule has 0 aliphatic carbocycles. The molecule has 1 N–H and O–H groups in total. The lowest BCUT2D eigenvalue weighted by Crippen LogP contribution is -2.45. The topological polar surface area (TPSA) is 77.9 Å². The van der Waals surface area contributed by atoms with Crippen molar-refractivity contribution in [2.24, 2.45) is 11.8 Å². The second kappa shape index (κ2) is 7.25. The maximum absolute atomic E-state index is 12.7. The average Bonchev–Trinajstić information content (AvgIpc) is 3.03. The molecule has 0 spiro atoms. The summed E-state index contributed by atoms with van der Waals surface area (Å²) in [6.07, 6.45) is 2.45. The molecule has 6 heteroatoms. The van der Waals surface area contributed by atoms with Gasteiger partial charge in [0, 0.05) is 31.7 Å². The zero-order valence-corrected chi connectivity index (χ0v) is 14.5. The van der Waals surface area contributed by atoms with Crippen molar-refractivity contribution < 1.29 is 19.5 Å². The fourth-order valence-corrected chi connectivity index (χ4v) is 3.67. The molecule has 2 atom stereocenters. The third-order valence-electron chi connectivity index (χ3n) is 5.21. The average molecular weight is 344 g/mol. The van der Waals surface area contributed by atoms with Crippen molar-refractivity contribution in [1.29, 1.82) is 0 Å². The van der Waals surface area contributed by atoms with Crippen LogP contribution in [0.15, 0.2) is 24.3 Å². The molecule has 25 heavy (non-hydrogen) atoms. The highest BCUT2D eigenvalue weighted by Crippen LogP contribution is 2.28. The molecule has 2 amide bonds. The first-order valence-electron chi connectivity index (χ1n) is 8.90. The normalized spacial score (nSPS) is 23.8. The van der Waals surface area contributed by atoms with E-state index in [-0.39, 0.29) is 30.7 Å². The number of rotatable bonds is 4. The molecular weight excluding hydrogens is 320 g/mol. The Balaban J connectivity index is 1.66. The molecule has 1 aromatic carbocycles. The Kier molecular flexibility index (Phi) is 5.06. The van der Waals surface area contributed by atoms with E-state index in [0.717, 1.165) is 12.1 Å². The first-order chi connectivity index (χ1) is 12.0. The van der Waals surface area contributed by atoms with Crippen molar-refractivity contribution in [3.63, 3.8) is 0 Å². The number of nitrogens with zero attached hydrogens (tertiary/aromatic N) is 2. The Morgan fingerprint density at radius 3 is 2.52 bits per heavy atom. The molecule has 0 aromatic heterocycles. The molecule has 2 aliphatic heterocycles. The lowest BCUT2D eigenvalue weighted by atomic mass is 9.96. The van der Waals surface area contributed by atoms with Gasteiger partial charge >= 0.3 is 5.97 Å². The highest BCUT2D eigenvalue weighted by atomic mass is 16.4. The van der Waals surface area contributed by atoms with Crippen LogP contribution >= 0.6 is 0 Å². The predicted octanol–water partition coefficient (Wildman–Crippen LogP) is 1.93. The zero-order chi connectivity index (χ0) is 18.0. The van der Waals surface area contributed by atoms with E-state index in [2.05, 4.69) is 6.92 Å². The van der Waals surface area contributed by atoms with Gasteiger partial charge in [-0.3, -0.25) is 14.4 Å². The number of piperidine rings is 1. The summed E-state index contributed by atoms with van der Waals surface area (Å²) >= 11 is 0. The number of carboxylic acids is 1. The Labute approximate surface area is 147 Å². The van der Waals surface area contributed by atoms with Gasteiger partial charge in [0.25, 0.3) is 0 Å². The van der Waals surface area contributed by atoms with E-state index < -0.39 is 11.9 Å². The van der Waals surface area contributed by atoms with Gasteiger partial charge in [0.15, 0.2) is 0 Å². The van der Waals surface area contributed by atoms with Crippen LogP contribution in [0.1, 0.15) is 31.7 Å². The highest BCUT2D eigenvalue weighted by molar-refractivity contribution is 6.00. The second-order valence-corrected chi connectivity index (χ2v) is 6.89. The smallest absolute Gasteiger partial charge is 0.308 e. The molecule has 0 radical (unpaired) electrons. The maximum Gasteiger partial charge on any atom is 0.308 e. The summed E-state index contributed by atoms with van der Waals surface area (Å²) in [4.78, 5) is 39.6. The van der Waals surface area contributed by atoms with Crippen molar-refractivity contribution in [3.8, 4) is 0 Å². The van der Waals surface area contributed by atoms with Crippen LogP contribution in [-0.2, 0) is 20.8 Å². The first kappa shape index (κ1) is 17.5. The van der Waals surface area contributed by atoms with Gasteiger partial charge in [0.05, 0.1) is 11.8 Å². The van der Waals surface area contributed by atoms with Crippen LogP contribution in [-0.4, -0.2) is 47.4 Å². The van der Waals surface area contributed by atoms with E-state index in [1.165, 1.54) is 5.56 Å². The van der Waals surface area contributed by atoms with E-state index in [1.807, 2.05) is 24.3 Å². The Morgan fingerprint density at radius 2 is 1.88 bits per heavy atom. The third kappa shape index (κ3) is 3.67. The van der Waals surface area contributed by atoms with Crippen LogP contribution in [0.3, 0.4) is 0 Å². The lowest BCUT2D eigenvalue weighted by molar-refractivity contribution is -0.146. The van der Waals surface area contributed by atoms with Gasteiger partial charge in [-0.1, -0.05) is 19.1 Å².